The fourth-order valence-corrected chi connectivity index (χ4v) is 7.95. The fraction of sp³-hybridized carbons (Fsp3) is 0.100. The molecule has 0 spiro atoms. The van der Waals surface area contributed by atoms with Crippen LogP contribution in [0.1, 0.15) is 26.3 Å². The van der Waals surface area contributed by atoms with Gasteiger partial charge in [0.05, 0.1) is 11.0 Å². The minimum Gasteiger partial charge on any atom is -0.292 e. The monoisotopic (exact) mass is 583 g/mol. The molecule has 210 valence electrons. The number of hydrogen-bond donors (Lipinski definition) is 0. The van der Waals surface area contributed by atoms with E-state index in [1.54, 1.807) is 11.3 Å². The smallest absolute Gasteiger partial charge is 0.147 e. The lowest BCUT2D eigenvalue weighted by atomic mass is 9.87. The van der Waals surface area contributed by atoms with Crippen LogP contribution in [0.2, 0.25) is 0 Å². The van der Waals surface area contributed by atoms with Crippen molar-refractivity contribution in [1.29, 1.82) is 0 Å². The fourth-order valence-electron chi connectivity index (χ4n) is 6.78. The summed E-state index contributed by atoms with van der Waals surface area (Å²) in [6.07, 6.45) is 2.00. The number of benzene rings is 6. The Kier molecular flexibility index (Phi) is 5.33. The first-order valence-electron chi connectivity index (χ1n) is 15.1. The third-order valence-electron chi connectivity index (χ3n) is 9.03. The van der Waals surface area contributed by atoms with E-state index in [-0.39, 0.29) is 5.41 Å². The number of aromatic nitrogens is 3. The molecule has 3 nitrogen and oxygen atoms in total. The van der Waals surface area contributed by atoms with E-state index in [9.17, 15) is 0 Å². The summed E-state index contributed by atoms with van der Waals surface area (Å²) >= 11 is 1.76. The molecule has 0 N–H and O–H groups in total. The maximum Gasteiger partial charge on any atom is 0.147 e. The maximum absolute atomic E-state index is 5.50. The van der Waals surface area contributed by atoms with Crippen LogP contribution in [0.5, 0.6) is 0 Å². The highest BCUT2D eigenvalue weighted by molar-refractivity contribution is 7.26. The zero-order chi connectivity index (χ0) is 29.6. The zero-order valence-corrected chi connectivity index (χ0v) is 25.6. The van der Waals surface area contributed by atoms with Crippen molar-refractivity contribution in [3.05, 3.63) is 127 Å². The molecule has 0 bridgehead atoms. The second-order valence-electron chi connectivity index (χ2n) is 12.7. The molecule has 9 rings (SSSR count). The lowest BCUT2D eigenvalue weighted by molar-refractivity contribution is 0.590. The highest BCUT2D eigenvalue weighted by Crippen LogP contribution is 2.43. The second-order valence-corrected chi connectivity index (χ2v) is 13.7. The second kappa shape index (κ2) is 9.22. The summed E-state index contributed by atoms with van der Waals surface area (Å²) in [6.45, 7) is 6.78. The van der Waals surface area contributed by atoms with Crippen molar-refractivity contribution in [2.45, 2.75) is 26.2 Å². The van der Waals surface area contributed by atoms with Gasteiger partial charge in [0.2, 0.25) is 0 Å². The van der Waals surface area contributed by atoms with Crippen LogP contribution >= 0.6 is 11.3 Å². The molecule has 0 saturated heterocycles. The number of thiophene rings is 1. The Labute approximate surface area is 259 Å². The lowest BCUT2D eigenvalue weighted by Crippen LogP contribution is -2.11. The van der Waals surface area contributed by atoms with Crippen LogP contribution < -0.4 is 0 Å². The number of nitrogens with zero attached hydrogens (tertiary/aromatic N) is 3. The van der Waals surface area contributed by atoms with Crippen molar-refractivity contribution in [2.24, 2.45) is 0 Å². The third-order valence-corrected chi connectivity index (χ3v) is 10.2. The van der Waals surface area contributed by atoms with Gasteiger partial charge in [0.25, 0.3) is 0 Å². The van der Waals surface area contributed by atoms with Gasteiger partial charge in [-0.25, -0.2) is 9.97 Å². The zero-order valence-electron chi connectivity index (χ0n) is 24.8. The van der Waals surface area contributed by atoms with Gasteiger partial charge < -0.3 is 0 Å². The summed E-state index contributed by atoms with van der Waals surface area (Å²) in [6, 6.07) is 41.8. The molecular formula is C40H29N3S. The Bertz CT molecular complexity index is 2580. The molecule has 6 aromatic carbocycles. The van der Waals surface area contributed by atoms with Crippen LogP contribution in [0.3, 0.4) is 0 Å². The number of fused-ring (bicyclic) bond motifs is 10. The lowest BCUT2D eigenvalue weighted by Gasteiger charge is -2.19. The van der Waals surface area contributed by atoms with Crippen LogP contribution in [-0.2, 0) is 5.41 Å². The van der Waals surface area contributed by atoms with Crippen LogP contribution in [0, 0.1) is 0 Å². The van der Waals surface area contributed by atoms with Crippen molar-refractivity contribution in [3.8, 4) is 17.1 Å². The Morgan fingerprint density at radius 3 is 2.16 bits per heavy atom. The number of rotatable bonds is 2. The number of pyridine rings is 1. The van der Waals surface area contributed by atoms with Crippen molar-refractivity contribution < 1.29 is 0 Å². The average molecular weight is 584 g/mol. The van der Waals surface area contributed by atoms with Crippen LogP contribution in [0.15, 0.2) is 121 Å². The Morgan fingerprint density at radius 2 is 1.34 bits per heavy atom. The number of imidazole rings is 1. The molecule has 0 amide bonds. The molecule has 0 fully saturated rings. The van der Waals surface area contributed by atoms with Gasteiger partial charge in [0, 0.05) is 43.7 Å². The largest absolute Gasteiger partial charge is 0.292 e. The van der Waals surface area contributed by atoms with Gasteiger partial charge in [-0.3, -0.25) is 4.57 Å². The number of hydrogen-bond acceptors (Lipinski definition) is 3. The van der Waals surface area contributed by atoms with Crippen molar-refractivity contribution in [3.63, 3.8) is 0 Å². The molecule has 0 aliphatic heterocycles. The first-order chi connectivity index (χ1) is 21.5. The molecule has 0 unspecified atom stereocenters. The maximum atomic E-state index is 5.50. The van der Waals surface area contributed by atoms with Gasteiger partial charge in [-0.2, -0.15) is 0 Å². The molecule has 3 aromatic heterocycles. The van der Waals surface area contributed by atoms with Crippen LogP contribution in [0.25, 0.3) is 80.7 Å². The molecular weight excluding hydrogens is 555 g/mol. The first-order valence-corrected chi connectivity index (χ1v) is 15.9. The summed E-state index contributed by atoms with van der Waals surface area (Å²) in [5.41, 5.74) is 5.75. The van der Waals surface area contributed by atoms with Gasteiger partial charge in [-0.05, 0) is 56.8 Å². The third kappa shape index (κ3) is 3.68. The Morgan fingerprint density at radius 1 is 0.614 bits per heavy atom. The van der Waals surface area contributed by atoms with Gasteiger partial charge in [0.1, 0.15) is 10.7 Å². The summed E-state index contributed by atoms with van der Waals surface area (Å²) in [7, 11) is 0. The van der Waals surface area contributed by atoms with Crippen molar-refractivity contribution in [1.82, 2.24) is 14.5 Å². The molecule has 3 heterocycles. The van der Waals surface area contributed by atoms with Crippen molar-refractivity contribution >= 4 is 75.0 Å². The van der Waals surface area contributed by atoms with Gasteiger partial charge >= 0.3 is 0 Å². The first kappa shape index (κ1) is 25.4. The summed E-state index contributed by atoms with van der Waals surface area (Å²) in [4.78, 5) is 11.5. The molecule has 0 atom stereocenters. The van der Waals surface area contributed by atoms with E-state index in [0.717, 1.165) is 38.3 Å². The normalized spacial score (nSPS) is 12.4. The SMILES string of the molecule is CC(C)(C)c1ccc(-n2c(-c3cccc4c3sc3ncc5ccccc5c34)nc3c4ccc5ccccc5c4ccc32)cc1. The molecule has 0 radical (unpaired) electrons. The highest BCUT2D eigenvalue weighted by atomic mass is 32.1. The van der Waals surface area contributed by atoms with Gasteiger partial charge in [-0.15, -0.1) is 11.3 Å². The van der Waals surface area contributed by atoms with E-state index in [4.69, 9.17) is 9.97 Å². The van der Waals surface area contributed by atoms with E-state index in [2.05, 4.69) is 141 Å². The van der Waals surface area contributed by atoms with E-state index in [1.807, 2.05) is 6.20 Å². The quantitative estimate of drug-likeness (QED) is 0.190. The minimum atomic E-state index is 0.0774. The Hall–Kier alpha value is -5.06. The van der Waals surface area contributed by atoms with Gasteiger partial charge in [-0.1, -0.05) is 112 Å². The Balaban J connectivity index is 1.39. The van der Waals surface area contributed by atoms with E-state index in [1.165, 1.54) is 48.0 Å². The molecule has 4 heteroatoms. The summed E-state index contributed by atoms with van der Waals surface area (Å²) in [5, 5.41) is 9.74. The van der Waals surface area contributed by atoms with Crippen molar-refractivity contribution in [2.75, 3.05) is 0 Å². The highest BCUT2D eigenvalue weighted by Gasteiger charge is 2.22. The van der Waals surface area contributed by atoms with E-state index in [0.29, 0.717) is 0 Å². The average Bonchev–Trinajstić information content (AvgIpc) is 3.63. The van der Waals surface area contributed by atoms with E-state index >= 15 is 0 Å². The molecule has 44 heavy (non-hydrogen) atoms. The summed E-state index contributed by atoms with van der Waals surface area (Å²) in [5.74, 6) is 0.950. The molecule has 9 aromatic rings. The molecule has 0 aliphatic carbocycles. The summed E-state index contributed by atoms with van der Waals surface area (Å²) < 4.78 is 3.56. The predicted molar refractivity (Wildman–Crippen MR) is 188 cm³/mol. The molecule has 0 aliphatic rings. The standard InChI is InChI=1S/C40H29N3S/c1-40(2,3)26-16-18-27(19-17-26)43-34-22-21-30-28-11-6-4-9-24(28)15-20-31(30)36(34)42-38(43)33-14-8-13-32-35-29-12-7-5-10-25(29)23-41-39(35)44-37(32)33/h4-23H,1-3H3. The van der Waals surface area contributed by atoms with Crippen LogP contribution in [-0.4, -0.2) is 14.5 Å². The predicted octanol–water partition coefficient (Wildman–Crippen LogP) is 11.2. The van der Waals surface area contributed by atoms with E-state index < -0.39 is 0 Å². The van der Waals surface area contributed by atoms with Gasteiger partial charge in [0.15, 0.2) is 0 Å². The molecule has 0 saturated carbocycles. The van der Waals surface area contributed by atoms with Crippen LogP contribution in [0.4, 0.5) is 0 Å². The topological polar surface area (TPSA) is 30.7 Å². The minimum absolute atomic E-state index is 0.0774.